The second kappa shape index (κ2) is 8.37. The Morgan fingerprint density at radius 1 is 0.962 bits per heavy atom. The first-order valence-corrected chi connectivity index (χ1v) is 8.48. The van der Waals surface area contributed by atoms with Gasteiger partial charge in [0.15, 0.2) is 0 Å². The molecule has 0 unspecified atom stereocenters. The van der Waals surface area contributed by atoms with Gasteiger partial charge in [0, 0.05) is 10.6 Å². The average Bonchev–Trinajstić information content (AvgIpc) is 2.65. The fourth-order valence-corrected chi connectivity index (χ4v) is 2.77. The Balaban J connectivity index is 1.89. The highest BCUT2D eigenvalue weighted by atomic mass is 35.5. The Hall–Kier alpha value is -3.04. The molecule has 130 valence electrons. The van der Waals surface area contributed by atoms with Crippen LogP contribution in [0, 0.1) is 0 Å². The van der Waals surface area contributed by atoms with Crippen LogP contribution in [0.25, 0.3) is 11.6 Å². The van der Waals surface area contributed by atoms with E-state index in [2.05, 4.69) is 0 Å². The molecule has 26 heavy (non-hydrogen) atoms. The first kappa shape index (κ1) is 17.8. The zero-order valence-electron chi connectivity index (χ0n) is 13.9. The summed E-state index contributed by atoms with van der Waals surface area (Å²) in [5, 5.41) is 10.2. The number of hydrogen-bond acceptors (Lipinski definition) is 2. The summed E-state index contributed by atoms with van der Waals surface area (Å²) in [6.45, 7) is 0.346. The third-order valence-electron chi connectivity index (χ3n) is 3.82. The highest BCUT2D eigenvalue weighted by Crippen LogP contribution is 2.26. The van der Waals surface area contributed by atoms with Gasteiger partial charge in [-0.25, -0.2) is 4.79 Å². The monoisotopic (exact) mass is 364 g/mol. The molecule has 0 aliphatic heterocycles. The summed E-state index contributed by atoms with van der Waals surface area (Å²) in [4.78, 5) is 11.7. The van der Waals surface area contributed by atoms with E-state index in [1.165, 1.54) is 0 Å². The van der Waals surface area contributed by atoms with Crippen LogP contribution < -0.4 is 4.74 Å². The Morgan fingerprint density at radius 3 is 2.42 bits per heavy atom. The second-order valence-corrected chi connectivity index (χ2v) is 6.12. The van der Waals surface area contributed by atoms with E-state index in [9.17, 15) is 9.90 Å². The van der Waals surface area contributed by atoms with Crippen molar-refractivity contribution in [3.63, 3.8) is 0 Å². The second-order valence-electron chi connectivity index (χ2n) is 5.69. The smallest absolute Gasteiger partial charge is 0.336 e. The van der Waals surface area contributed by atoms with Crippen molar-refractivity contribution in [3.05, 3.63) is 101 Å². The van der Waals surface area contributed by atoms with Crippen molar-refractivity contribution in [2.75, 3.05) is 0 Å². The van der Waals surface area contributed by atoms with Gasteiger partial charge in [-0.1, -0.05) is 72.3 Å². The molecule has 0 aromatic heterocycles. The molecule has 0 fully saturated rings. The van der Waals surface area contributed by atoms with Crippen LogP contribution in [0.3, 0.4) is 0 Å². The number of rotatable bonds is 6. The molecule has 0 aliphatic carbocycles. The van der Waals surface area contributed by atoms with Crippen LogP contribution in [-0.2, 0) is 11.4 Å². The highest BCUT2D eigenvalue weighted by Gasteiger charge is 2.12. The molecule has 0 atom stereocenters. The molecule has 1 N–H and O–H groups in total. The third kappa shape index (κ3) is 4.52. The number of carboxylic acids is 1. The molecule has 0 saturated heterocycles. The van der Waals surface area contributed by atoms with Crippen LogP contribution in [-0.4, -0.2) is 11.1 Å². The Bertz CT molecular complexity index is 933. The summed E-state index contributed by atoms with van der Waals surface area (Å²) in [6, 6.07) is 23.8. The van der Waals surface area contributed by atoms with Gasteiger partial charge < -0.3 is 9.84 Å². The Kier molecular flexibility index (Phi) is 5.72. The molecule has 3 aromatic carbocycles. The predicted octanol–water partition coefficient (Wildman–Crippen LogP) is 5.54. The molecule has 0 aliphatic rings. The number of ether oxygens (including phenoxy) is 1. The lowest BCUT2D eigenvalue weighted by Crippen LogP contribution is -2.01. The number of benzene rings is 3. The maximum atomic E-state index is 11.7. The quantitative estimate of drug-likeness (QED) is 0.461. The summed E-state index contributed by atoms with van der Waals surface area (Å²) < 4.78 is 5.90. The van der Waals surface area contributed by atoms with E-state index < -0.39 is 5.97 Å². The van der Waals surface area contributed by atoms with Crippen molar-refractivity contribution in [2.24, 2.45) is 0 Å². The molecule has 3 rings (SSSR count). The van der Waals surface area contributed by atoms with Gasteiger partial charge in [-0.2, -0.15) is 0 Å². The molecule has 0 bridgehead atoms. The predicted molar refractivity (Wildman–Crippen MR) is 104 cm³/mol. The van der Waals surface area contributed by atoms with Gasteiger partial charge in [-0.15, -0.1) is 0 Å². The van der Waals surface area contributed by atoms with Gasteiger partial charge >= 0.3 is 5.97 Å². The summed E-state index contributed by atoms with van der Waals surface area (Å²) in [5.74, 6) is -0.372. The number of hydrogen-bond donors (Lipinski definition) is 1. The zero-order valence-corrected chi connectivity index (χ0v) is 14.7. The molecule has 3 aromatic rings. The minimum atomic E-state index is -0.985. The summed E-state index contributed by atoms with van der Waals surface area (Å²) in [6.07, 6.45) is 1.63. The Labute approximate surface area is 157 Å². The van der Waals surface area contributed by atoms with E-state index in [0.717, 1.165) is 5.56 Å². The lowest BCUT2D eigenvalue weighted by Gasteiger charge is -2.11. The van der Waals surface area contributed by atoms with Gasteiger partial charge in [0.1, 0.15) is 12.4 Å². The number of halogens is 1. The number of carboxylic acid groups (broad SMARTS) is 1. The minimum absolute atomic E-state index is 0.212. The van der Waals surface area contributed by atoms with E-state index in [-0.39, 0.29) is 5.57 Å². The lowest BCUT2D eigenvalue weighted by molar-refractivity contribution is -0.130. The molecule has 4 heteroatoms. The van der Waals surface area contributed by atoms with Gasteiger partial charge in [0.2, 0.25) is 0 Å². The van der Waals surface area contributed by atoms with Gasteiger partial charge in [-0.05, 0) is 35.4 Å². The molecule has 0 radical (unpaired) electrons. The van der Waals surface area contributed by atoms with Gasteiger partial charge in [-0.3, -0.25) is 0 Å². The maximum absolute atomic E-state index is 11.7. The van der Waals surface area contributed by atoms with Crippen LogP contribution in [0.5, 0.6) is 5.75 Å². The normalized spacial score (nSPS) is 11.2. The Morgan fingerprint density at radius 2 is 1.69 bits per heavy atom. The topological polar surface area (TPSA) is 46.5 Å². The highest BCUT2D eigenvalue weighted by molar-refractivity contribution is 6.30. The van der Waals surface area contributed by atoms with Crippen molar-refractivity contribution in [2.45, 2.75) is 6.61 Å². The number of carbonyl (C=O) groups is 1. The van der Waals surface area contributed by atoms with Crippen LogP contribution in [0.15, 0.2) is 78.9 Å². The number of aliphatic carboxylic acids is 1. The molecular formula is C22H17ClO3. The van der Waals surface area contributed by atoms with Crippen molar-refractivity contribution in [1.82, 2.24) is 0 Å². The molecule has 0 saturated carbocycles. The van der Waals surface area contributed by atoms with Crippen LogP contribution in [0.2, 0.25) is 5.02 Å². The van der Waals surface area contributed by atoms with E-state index >= 15 is 0 Å². The van der Waals surface area contributed by atoms with Crippen molar-refractivity contribution in [1.29, 1.82) is 0 Å². The number of para-hydroxylation sites is 1. The van der Waals surface area contributed by atoms with Gasteiger partial charge in [0.25, 0.3) is 0 Å². The first-order valence-electron chi connectivity index (χ1n) is 8.10. The SMILES string of the molecule is O=C(O)/C(=C\c1ccccc1OCc1cccc(Cl)c1)c1ccccc1. The standard InChI is InChI=1S/C22H17ClO3/c23-19-11-6-7-16(13-19)15-26-21-12-5-4-10-18(21)14-20(22(24)25)17-8-2-1-3-9-17/h1-14H,15H2,(H,24,25)/b20-14-. The van der Waals surface area contributed by atoms with Crippen LogP contribution in [0.1, 0.15) is 16.7 Å². The summed E-state index contributed by atoms with van der Waals surface area (Å²) >= 11 is 6.00. The largest absolute Gasteiger partial charge is 0.488 e. The molecule has 0 heterocycles. The maximum Gasteiger partial charge on any atom is 0.336 e. The van der Waals surface area contributed by atoms with Gasteiger partial charge in [0.05, 0.1) is 5.57 Å². The molecule has 0 spiro atoms. The molecule has 3 nitrogen and oxygen atoms in total. The summed E-state index contributed by atoms with van der Waals surface area (Å²) in [5.41, 5.74) is 2.50. The summed E-state index contributed by atoms with van der Waals surface area (Å²) in [7, 11) is 0. The van der Waals surface area contributed by atoms with E-state index in [1.807, 2.05) is 60.7 Å². The third-order valence-corrected chi connectivity index (χ3v) is 4.05. The van der Waals surface area contributed by atoms with E-state index in [4.69, 9.17) is 16.3 Å². The van der Waals surface area contributed by atoms with Crippen molar-refractivity contribution < 1.29 is 14.6 Å². The van der Waals surface area contributed by atoms with E-state index in [0.29, 0.717) is 28.5 Å². The fraction of sp³-hybridized carbons (Fsp3) is 0.0455. The lowest BCUT2D eigenvalue weighted by atomic mass is 10.0. The van der Waals surface area contributed by atoms with Crippen LogP contribution in [0.4, 0.5) is 0 Å². The van der Waals surface area contributed by atoms with Crippen molar-refractivity contribution >= 4 is 29.2 Å². The molecular weight excluding hydrogens is 348 g/mol. The fourth-order valence-electron chi connectivity index (χ4n) is 2.56. The minimum Gasteiger partial charge on any atom is -0.488 e. The molecule has 0 amide bonds. The zero-order chi connectivity index (χ0) is 18.4. The first-order chi connectivity index (χ1) is 12.6. The van der Waals surface area contributed by atoms with Crippen molar-refractivity contribution in [3.8, 4) is 5.75 Å². The van der Waals surface area contributed by atoms with Crippen LogP contribution >= 0.6 is 11.6 Å². The van der Waals surface area contributed by atoms with E-state index in [1.54, 1.807) is 24.3 Å². The average molecular weight is 365 g/mol.